The molecule has 2 aromatic heterocycles. The van der Waals surface area contributed by atoms with Gasteiger partial charge >= 0.3 is 0 Å². The number of rotatable bonds is 9. The quantitative estimate of drug-likeness (QED) is 0.148. The van der Waals surface area contributed by atoms with Crippen LogP contribution < -0.4 is 21.8 Å². The highest BCUT2D eigenvalue weighted by Crippen LogP contribution is 2.28. The third kappa shape index (κ3) is 8.33. The molecule has 262 valence electrons. The highest BCUT2D eigenvalue weighted by Gasteiger charge is 2.20. The molecule has 0 saturated heterocycles. The summed E-state index contributed by atoms with van der Waals surface area (Å²) in [6.45, 7) is 4.20. The SMILES string of the molecule is CCn1nc(-c2cccc(F)c2)c(C#N)c(Nc2ccc(C#N)cc2)c1=O.CCn1nc(-c2ccccc2)c(C#N)c(Nc2ccc(CO)cc2)c1=O. The van der Waals surface area contributed by atoms with Crippen molar-refractivity contribution >= 4 is 22.7 Å². The van der Waals surface area contributed by atoms with E-state index < -0.39 is 11.4 Å². The highest BCUT2D eigenvalue weighted by atomic mass is 19.1. The zero-order chi connectivity index (χ0) is 37.9. The molecule has 0 bridgehead atoms. The number of hydrogen-bond acceptors (Lipinski definition) is 10. The standard InChI is InChI=1S/C20H14FN5O.C20H18N4O2/c1-2-26-20(27)19(24-16-8-6-13(11-22)7-9-16)17(12-23)18(25-26)14-4-3-5-15(21)10-14;1-2-24-20(26)19(22-16-10-8-14(13-25)9-11-16)17(12-21)18(23-24)15-6-4-3-5-7-15/h3-10,24H,2H2,1H3;3-11,22,25H,2,13H2,1H3. The summed E-state index contributed by atoms with van der Waals surface area (Å²) in [5.41, 5.74) is 3.96. The van der Waals surface area contributed by atoms with E-state index >= 15 is 0 Å². The van der Waals surface area contributed by atoms with Crippen molar-refractivity contribution in [2.45, 2.75) is 33.5 Å². The smallest absolute Gasteiger partial charge is 0.291 e. The van der Waals surface area contributed by atoms with Crippen LogP contribution >= 0.6 is 0 Å². The average Bonchev–Trinajstić information content (AvgIpc) is 3.20. The van der Waals surface area contributed by atoms with Crippen LogP contribution in [0.1, 0.15) is 36.1 Å². The predicted molar refractivity (Wildman–Crippen MR) is 199 cm³/mol. The molecule has 4 aromatic carbocycles. The van der Waals surface area contributed by atoms with Gasteiger partial charge in [0, 0.05) is 35.6 Å². The van der Waals surface area contributed by atoms with Gasteiger partial charge in [0.15, 0.2) is 0 Å². The normalized spacial score (nSPS) is 10.2. The number of aryl methyl sites for hydroxylation is 2. The molecular formula is C40H32FN9O3. The van der Waals surface area contributed by atoms with Crippen LogP contribution in [-0.2, 0) is 19.7 Å². The molecule has 0 spiro atoms. The number of nitrogens with zero attached hydrogens (tertiary/aromatic N) is 7. The highest BCUT2D eigenvalue weighted by molar-refractivity contribution is 5.78. The van der Waals surface area contributed by atoms with Crippen LogP contribution in [0, 0.1) is 39.8 Å². The van der Waals surface area contributed by atoms with Crippen LogP contribution in [0.3, 0.4) is 0 Å². The molecule has 0 aliphatic heterocycles. The summed E-state index contributed by atoms with van der Waals surface area (Å²) in [6, 6.07) is 34.6. The third-order valence-electron chi connectivity index (χ3n) is 7.97. The first kappa shape index (κ1) is 36.9. The number of hydrogen-bond donors (Lipinski definition) is 3. The molecule has 3 N–H and O–H groups in total. The Morgan fingerprint density at radius 3 is 1.60 bits per heavy atom. The Kier molecular flexibility index (Phi) is 11.8. The molecule has 0 fully saturated rings. The number of nitriles is 3. The molecule has 2 heterocycles. The number of aliphatic hydroxyl groups is 1. The van der Waals surface area contributed by atoms with Crippen LogP contribution in [0.4, 0.5) is 27.1 Å². The van der Waals surface area contributed by atoms with E-state index in [-0.39, 0.29) is 46.9 Å². The lowest BCUT2D eigenvalue weighted by Gasteiger charge is -2.14. The van der Waals surface area contributed by atoms with Crippen molar-refractivity contribution in [1.82, 2.24) is 19.6 Å². The number of halogens is 1. The maximum atomic E-state index is 13.6. The maximum absolute atomic E-state index is 13.6. The first-order valence-electron chi connectivity index (χ1n) is 16.4. The molecule has 12 nitrogen and oxygen atoms in total. The van der Waals surface area contributed by atoms with Crippen molar-refractivity contribution in [3.63, 3.8) is 0 Å². The van der Waals surface area contributed by atoms with Crippen LogP contribution in [0.2, 0.25) is 0 Å². The Bertz CT molecular complexity index is 2490. The van der Waals surface area contributed by atoms with Crippen molar-refractivity contribution in [2.24, 2.45) is 0 Å². The molecule has 0 aliphatic rings. The summed E-state index contributed by atoms with van der Waals surface area (Å²) in [4.78, 5) is 25.5. The molecule has 0 radical (unpaired) electrons. The monoisotopic (exact) mass is 705 g/mol. The van der Waals surface area contributed by atoms with Gasteiger partial charge in [0.1, 0.15) is 51.8 Å². The van der Waals surface area contributed by atoms with Gasteiger partial charge < -0.3 is 15.7 Å². The Morgan fingerprint density at radius 2 is 1.15 bits per heavy atom. The van der Waals surface area contributed by atoms with E-state index in [2.05, 4.69) is 26.9 Å². The third-order valence-corrected chi connectivity index (χ3v) is 7.97. The lowest BCUT2D eigenvalue weighted by atomic mass is 10.1. The summed E-state index contributed by atoms with van der Waals surface area (Å²) in [6.07, 6.45) is 0. The van der Waals surface area contributed by atoms with E-state index in [9.17, 15) is 24.5 Å². The largest absolute Gasteiger partial charge is 0.392 e. The van der Waals surface area contributed by atoms with Gasteiger partial charge in [0.05, 0.1) is 18.2 Å². The zero-order valence-corrected chi connectivity index (χ0v) is 28.7. The molecule has 0 atom stereocenters. The number of nitrogens with one attached hydrogen (secondary N) is 2. The molecule has 6 aromatic rings. The maximum Gasteiger partial charge on any atom is 0.291 e. The Labute approximate surface area is 303 Å². The number of aliphatic hydroxyl groups excluding tert-OH is 1. The average molecular weight is 706 g/mol. The van der Waals surface area contributed by atoms with E-state index in [0.717, 1.165) is 11.1 Å². The van der Waals surface area contributed by atoms with Gasteiger partial charge in [-0.05, 0) is 67.9 Å². The topological polar surface area (TPSA) is 185 Å². The predicted octanol–water partition coefficient (Wildman–Crippen LogP) is 6.59. The van der Waals surface area contributed by atoms with E-state index in [1.807, 2.05) is 49.4 Å². The van der Waals surface area contributed by atoms with E-state index in [1.54, 1.807) is 61.5 Å². The van der Waals surface area contributed by atoms with Gasteiger partial charge in [-0.1, -0.05) is 54.6 Å². The second kappa shape index (κ2) is 17.0. The fourth-order valence-electron chi connectivity index (χ4n) is 5.27. The van der Waals surface area contributed by atoms with Crippen molar-refractivity contribution in [1.29, 1.82) is 15.8 Å². The van der Waals surface area contributed by atoms with Gasteiger partial charge in [0.25, 0.3) is 11.1 Å². The summed E-state index contributed by atoms with van der Waals surface area (Å²) in [5, 5.41) is 52.0. The van der Waals surface area contributed by atoms with Crippen LogP contribution in [0.5, 0.6) is 0 Å². The fraction of sp³-hybridized carbons (Fsp3) is 0.125. The summed E-state index contributed by atoms with van der Waals surface area (Å²) in [7, 11) is 0. The van der Waals surface area contributed by atoms with Gasteiger partial charge in [-0.15, -0.1) is 0 Å². The minimum atomic E-state index is -0.464. The van der Waals surface area contributed by atoms with E-state index in [1.165, 1.54) is 27.6 Å². The summed E-state index contributed by atoms with van der Waals surface area (Å²) >= 11 is 0. The molecule has 0 aliphatic carbocycles. The zero-order valence-electron chi connectivity index (χ0n) is 28.7. The lowest BCUT2D eigenvalue weighted by Crippen LogP contribution is -2.26. The van der Waals surface area contributed by atoms with Gasteiger partial charge in [0.2, 0.25) is 0 Å². The van der Waals surface area contributed by atoms with Crippen LogP contribution in [0.15, 0.2) is 113 Å². The van der Waals surface area contributed by atoms with Gasteiger partial charge in [-0.3, -0.25) is 9.59 Å². The van der Waals surface area contributed by atoms with Crippen molar-refractivity contribution in [3.05, 3.63) is 152 Å². The second-order valence-electron chi connectivity index (χ2n) is 11.3. The molecule has 53 heavy (non-hydrogen) atoms. The second-order valence-corrected chi connectivity index (χ2v) is 11.3. The van der Waals surface area contributed by atoms with Crippen molar-refractivity contribution in [3.8, 4) is 40.7 Å². The Hall–Kier alpha value is -7.40. The van der Waals surface area contributed by atoms with E-state index in [4.69, 9.17) is 10.4 Å². The fourth-order valence-corrected chi connectivity index (χ4v) is 5.27. The number of anilines is 4. The molecule has 0 amide bonds. The number of benzene rings is 4. The van der Waals surface area contributed by atoms with Crippen molar-refractivity contribution in [2.75, 3.05) is 10.6 Å². The molecule has 6 rings (SSSR count). The minimum Gasteiger partial charge on any atom is -0.392 e. The Morgan fingerprint density at radius 1 is 0.660 bits per heavy atom. The van der Waals surface area contributed by atoms with Gasteiger partial charge in [-0.2, -0.15) is 26.0 Å². The summed E-state index contributed by atoms with van der Waals surface area (Å²) < 4.78 is 16.2. The van der Waals surface area contributed by atoms with Crippen LogP contribution in [-0.4, -0.2) is 24.7 Å². The molecule has 13 heteroatoms. The van der Waals surface area contributed by atoms with Gasteiger partial charge in [-0.25, -0.2) is 13.8 Å². The summed E-state index contributed by atoms with van der Waals surface area (Å²) in [5.74, 6) is -0.464. The molecule has 0 unspecified atom stereocenters. The molecule has 0 saturated carbocycles. The number of aromatic nitrogens is 4. The molecular weight excluding hydrogens is 673 g/mol. The van der Waals surface area contributed by atoms with Crippen LogP contribution in [0.25, 0.3) is 22.5 Å². The van der Waals surface area contributed by atoms with E-state index in [0.29, 0.717) is 34.7 Å². The Balaban J connectivity index is 0.000000204. The first-order chi connectivity index (χ1) is 25.7. The lowest BCUT2D eigenvalue weighted by molar-refractivity contribution is 0.282. The van der Waals surface area contributed by atoms with Crippen molar-refractivity contribution < 1.29 is 9.50 Å². The minimum absolute atomic E-state index is 0.0275. The first-order valence-corrected chi connectivity index (χ1v) is 16.4.